The summed E-state index contributed by atoms with van der Waals surface area (Å²) in [6.07, 6.45) is 2.72. The molecule has 1 aromatic carbocycles. The molecule has 9 heteroatoms. The van der Waals surface area contributed by atoms with Crippen LogP contribution in [0, 0.1) is 6.92 Å². The van der Waals surface area contributed by atoms with Crippen LogP contribution >= 0.6 is 11.6 Å². The molecule has 0 fully saturated rings. The predicted octanol–water partition coefficient (Wildman–Crippen LogP) is 2.31. The van der Waals surface area contributed by atoms with Gasteiger partial charge >= 0.3 is 0 Å². The van der Waals surface area contributed by atoms with Crippen molar-refractivity contribution >= 4 is 23.4 Å². The molecule has 160 valence electrons. The highest BCUT2D eigenvalue weighted by Crippen LogP contribution is 2.14. The zero-order chi connectivity index (χ0) is 21.8. The molecule has 0 aliphatic carbocycles. The number of benzene rings is 1. The number of nitrogens with zero attached hydrogens (tertiary/aromatic N) is 5. The van der Waals surface area contributed by atoms with Crippen LogP contribution in [0.15, 0.2) is 42.6 Å². The van der Waals surface area contributed by atoms with Gasteiger partial charge in [-0.15, -0.1) is 10.2 Å². The van der Waals surface area contributed by atoms with E-state index in [-0.39, 0.29) is 11.8 Å². The Hall–Kier alpha value is -3.26. The Morgan fingerprint density at radius 3 is 2.65 bits per heavy atom. The maximum absolute atomic E-state index is 12.8. The van der Waals surface area contributed by atoms with E-state index >= 15 is 0 Å². The molecule has 0 spiro atoms. The predicted molar refractivity (Wildman–Crippen MR) is 116 cm³/mol. The summed E-state index contributed by atoms with van der Waals surface area (Å²) in [7, 11) is 0. The van der Waals surface area contributed by atoms with Crippen LogP contribution in [0.5, 0.6) is 0 Å². The summed E-state index contributed by atoms with van der Waals surface area (Å²) >= 11 is 5.92. The van der Waals surface area contributed by atoms with Crippen molar-refractivity contribution in [3.63, 3.8) is 0 Å². The van der Waals surface area contributed by atoms with E-state index in [0.717, 1.165) is 17.2 Å². The van der Waals surface area contributed by atoms with E-state index in [1.54, 1.807) is 17.0 Å². The summed E-state index contributed by atoms with van der Waals surface area (Å²) in [6.45, 7) is 4.16. The first-order chi connectivity index (χ1) is 15.0. The van der Waals surface area contributed by atoms with Gasteiger partial charge in [-0.3, -0.25) is 9.59 Å². The number of hydrogen-bond acceptors (Lipinski definition) is 5. The fourth-order valence-electron chi connectivity index (χ4n) is 3.58. The molecule has 1 N–H and O–H groups in total. The van der Waals surface area contributed by atoms with Crippen LogP contribution < -0.4 is 5.32 Å². The Bertz CT molecular complexity index is 1100. The van der Waals surface area contributed by atoms with E-state index in [9.17, 15) is 9.59 Å². The first-order valence-electron chi connectivity index (χ1n) is 10.2. The van der Waals surface area contributed by atoms with Gasteiger partial charge in [-0.1, -0.05) is 29.3 Å². The van der Waals surface area contributed by atoms with Crippen molar-refractivity contribution < 1.29 is 9.59 Å². The molecule has 1 aliphatic heterocycles. The third-order valence-corrected chi connectivity index (χ3v) is 5.52. The number of rotatable bonds is 5. The van der Waals surface area contributed by atoms with Crippen molar-refractivity contribution in [2.45, 2.75) is 26.3 Å². The average molecular weight is 439 g/mol. The molecule has 2 amide bonds. The fourth-order valence-corrected chi connectivity index (χ4v) is 3.76. The van der Waals surface area contributed by atoms with Crippen molar-refractivity contribution in [3.8, 4) is 0 Å². The number of pyridine rings is 1. The van der Waals surface area contributed by atoms with Gasteiger partial charge < -0.3 is 14.8 Å². The standard InChI is InChI=1S/C22H23ClN6O2/c1-15-2-4-16(5-3-15)21(30)25-10-7-19-26-27-20-8-11-28(12-13-29(19)20)22(31)17-6-9-24-18(23)14-17/h2-6,9,14H,7-8,10-13H2,1H3,(H,25,30). The Kier molecular flexibility index (Phi) is 6.27. The zero-order valence-electron chi connectivity index (χ0n) is 17.2. The number of halogens is 1. The molecule has 3 heterocycles. The van der Waals surface area contributed by atoms with E-state index in [0.29, 0.717) is 55.3 Å². The normalized spacial score (nSPS) is 13.4. The number of nitrogens with one attached hydrogen (secondary N) is 1. The highest BCUT2D eigenvalue weighted by atomic mass is 35.5. The minimum absolute atomic E-state index is 0.0741. The zero-order valence-corrected chi connectivity index (χ0v) is 18.0. The lowest BCUT2D eigenvalue weighted by molar-refractivity contribution is 0.0758. The van der Waals surface area contributed by atoms with Gasteiger partial charge in [0.15, 0.2) is 0 Å². The molecule has 3 aromatic rings. The molecule has 4 rings (SSSR count). The molecule has 2 aromatic heterocycles. The monoisotopic (exact) mass is 438 g/mol. The molecule has 0 unspecified atom stereocenters. The summed E-state index contributed by atoms with van der Waals surface area (Å²) in [5.41, 5.74) is 2.27. The number of aromatic nitrogens is 4. The van der Waals surface area contributed by atoms with E-state index in [4.69, 9.17) is 11.6 Å². The fraction of sp³-hybridized carbons (Fsp3) is 0.318. The second kappa shape index (κ2) is 9.26. The van der Waals surface area contributed by atoms with E-state index in [1.165, 1.54) is 6.20 Å². The van der Waals surface area contributed by atoms with Gasteiger partial charge in [-0.25, -0.2) is 4.98 Å². The molecule has 0 atom stereocenters. The minimum Gasteiger partial charge on any atom is -0.352 e. The van der Waals surface area contributed by atoms with Crippen LogP contribution in [0.1, 0.15) is 37.9 Å². The topological polar surface area (TPSA) is 93.0 Å². The number of aryl methyl sites for hydroxylation is 1. The highest BCUT2D eigenvalue weighted by Gasteiger charge is 2.23. The summed E-state index contributed by atoms with van der Waals surface area (Å²) in [5, 5.41) is 11.8. The molecule has 0 radical (unpaired) electrons. The number of fused-ring (bicyclic) bond motifs is 1. The first kappa shape index (κ1) is 21.0. The number of amides is 2. The summed E-state index contributed by atoms with van der Waals surface area (Å²) in [6, 6.07) is 10.7. The van der Waals surface area contributed by atoms with Crippen LogP contribution in [-0.4, -0.2) is 56.1 Å². The van der Waals surface area contributed by atoms with Crippen LogP contribution in [0.25, 0.3) is 0 Å². The lowest BCUT2D eigenvalue weighted by Crippen LogP contribution is -2.34. The lowest BCUT2D eigenvalue weighted by atomic mass is 10.1. The number of carbonyl (C=O) groups is 2. The third kappa shape index (κ3) is 4.91. The van der Waals surface area contributed by atoms with Crippen molar-refractivity contribution in [2.75, 3.05) is 19.6 Å². The van der Waals surface area contributed by atoms with Gasteiger partial charge in [0, 0.05) is 56.3 Å². The van der Waals surface area contributed by atoms with Crippen molar-refractivity contribution in [1.29, 1.82) is 0 Å². The Morgan fingerprint density at radius 1 is 1.06 bits per heavy atom. The molecule has 0 saturated carbocycles. The van der Waals surface area contributed by atoms with Crippen molar-refractivity contribution in [2.24, 2.45) is 0 Å². The SMILES string of the molecule is Cc1ccc(C(=O)NCCc2nnc3n2CCN(C(=O)c2ccnc(Cl)c2)CC3)cc1. The Labute approximate surface area is 185 Å². The van der Waals surface area contributed by atoms with Gasteiger partial charge in [0.05, 0.1) is 0 Å². The van der Waals surface area contributed by atoms with Gasteiger partial charge in [0.25, 0.3) is 11.8 Å². The van der Waals surface area contributed by atoms with Crippen molar-refractivity contribution in [1.82, 2.24) is 30.0 Å². The number of hydrogen-bond donors (Lipinski definition) is 1. The van der Waals surface area contributed by atoms with Crippen LogP contribution in [0.2, 0.25) is 5.15 Å². The minimum atomic E-state index is -0.108. The molecule has 1 aliphatic rings. The largest absolute Gasteiger partial charge is 0.352 e. The molecule has 0 bridgehead atoms. The summed E-state index contributed by atoms with van der Waals surface area (Å²) in [4.78, 5) is 30.8. The molecule has 8 nitrogen and oxygen atoms in total. The maximum Gasteiger partial charge on any atom is 0.254 e. The van der Waals surface area contributed by atoms with E-state index < -0.39 is 0 Å². The van der Waals surface area contributed by atoms with E-state index in [2.05, 4.69) is 20.5 Å². The van der Waals surface area contributed by atoms with Gasteiger partial charge in [-0.05, 0) is 31.2 Å². The van der Waals surface area contributed by atoms with E-state index in [1.807, 2.05) is 35.8 Å². The lowest BCUT2D eigenvalue weighted by Gasteiger charge is -2.20. The first-order valence-corrected chi connectivity index (χ1v) is 10.6. The second-order valence-corrected chi connectivity index (χ2v) is 7.85. The third-order valence-electron chi connectivity index (χ3n) is 5.31. The van der Waals surface area contributed by atoms with Gasteiger partial charge in [-0.2, -0.15) is 0 Å². The average Bonchev–Trinajstić information content (AvgIpc) is 3.02. The summed E-state index contributed by atoms with van der Waals surface area (Å²) in [5.74, 6) is 1.47. The second-order valence-electron chi connectivity index (χ2n) is 7.47. The highest BCUT2D eigenvalue weighted by molar-refractivity contribution is 6.29. The smallest absolute Gasteiger partial charge is 0.254 e. The molecular formula is C22H23ClN6O2. The van der Waals surface area contributed by atoms with Crippen LogP contribution in [0.3, 0.4) is 0 Å². The van der Waals surface area contributed by atoms with Crippen molar-refractivity contribution in [3.05, 3.63) is 76.1 Å². The van der Waals surface area contributed by atoms with Crippen LogP contribution in [-0.2, 0) is 19.4 Å². The quantitative estimate of drug-likeness (QED) is 0.617. The van der Waals surface area contributed by atoms with Crippen LogP contribution in [0.4, 0.5) is 0 Å². The Morgan fingerprint density at radius 2 is 1.87 bits per heavy atom. The molecule has 0 saturated heterocycles. The van der Waals surface area contributed by atoms with Gasteiger partial charge in [0.2, 0.25) is 0 Å². The molecule has 31 heavy (non-hydrogen) atoms. The summed E-state index contributed by atoms with van der Waals surface area (Å²) < 4.78 is 2.05. The maximum atomic E-state index is 12.8. The number of carbonyl (C=O) groups excluding carboxylic acids is 2. The Balaban J connectivity index is 1.35. The molecular weight excluding hydrogens is 416 g/mol. The van der Waals surface area contributed by atoms with Gasteiger partial charge in [0.1, 0.15) is 16.8 Å².